The SMILES string of the molecule is COc1cc(OCc2coc(-c3ccc(C(F)(F)F)cc3)n2)c(Cl)cc1C(=O)O[C@H]1[C@@H](OC)O[C@H](CO)[C@@H](O)[C@@H]1O. The first kappa shape index (κ1) is 30.6. The summed E-state index contributed by atoms with van der Waals surface area (Å²) in [7, 11) is 2.51. The highest BCUT2D eigenvalue weighted by molar-refractivity contribution is 6.32. The number of aliphatic hydroxyl groups excluding tert-OH is 3. The van der Waals surface area contributed by atoms with Crippen LogP contribution in [0.2, 0.25) is 5.02 Å². The molecule has 0 aliphatic carbocycles. The van der Waals surface area contributed by atoms with Gasteiger partial charge in [0.05, 0.1) is 24.3 Å². The number of hydrogen-bond acceptors (Lipinski definition) is 11. The molecule has 1 aliphatic rings. The Hall–Kier alpha value is -3.40. The fourth-order valence-electron chi connectivity index (χ4n) is 3.99. The first-order chi connectivity index (χ1) is 19.5. The molecule has 0 spiro atoms. The predicted molar refractivity (Wildman–Crippen MR) is 133 cm³/mol. The van der Waals surface area contributed by atoms with Crippen LogP contribution in [0.3, 0.4) is 0 Å². The number of carbonyl (C=O) groups is 1. The molecule has 0 radical (unpaired) electrons. The van der Waals surface area contributed by atoms with Gasteiger partial charge >= 0.3 is 12.1 Å². The molecule has 1 aromatic heterocycles. The minimum Gasteiger partial charge on any atom is -0.496 e. The molecule has 1 aliphatic heterocycles. The Morgan fingerprint density at radius 3 is 2.41 bits per heavy atom. The summed E-state index contributed by atoms with van der Waals surface area (Å²) in [6.45, 7) is -0.754. The smallest absolute Gasteiger partial charge is 0.416 e. The summed E-state index contributed by atoms with van der Waals surface area (Å²) in [4.78, 5) is 17.2. The number of benzene rings is 2. The number of hydrogen-bond donors (Lipinski definition) is 3. The molecule has 11 nitrogen and oxygen atoms in total. The number of aliphatic hydroxyl groups is 3. The van der Waals surface area contributed by atoms with Gasteiger partial charge in [-0.15, -0.1) is 0 Å². The molecule has 0 bridgehead atoms. The number of carbonyl (C=O) groups excluding carboxylic acids is 1. The fourth-order valence-corrected chi connectivity index (χ4v) is 4.21. The van der Waals surface area contributed by atoms with E-state index in [1.807, 2.05) is 0 Å². The number of alkyl halides is 3. The second-order valence-corrected chi connectivity index (χ2v) is 9.21. The molecule has 41 heavy (non-hydrogen) atoms. The molecule has 1 saturated heterocycles. The summed E-state index contributed by atoms with van der Waals surface area (Å²) < 4.78 is 70.5. The summed E-state index contributed by atoms with van der Waals surface area (Å²) in [6.07, 6.45) is -10.3. The van der Waals surface area contributed by atoms with Gasteiger partial charge in [-0.2, -0.15) is 13.2 Å². The second-order valence-electron chi connectivity index (χ2n) is 8.80. The van der Waals surface area contributed by atoms with E-state index in [4.69, 9.17) is 39.7 Å². The molecule has 0 amide bonds. The highest BCUT2D eigenvalue weighted by atomic mass is 35.5. The van der Waals surface area contributed by atoms with E-state index < -0.39 is 55.0 Å². The Morgan fingerprint density at radius 2 is 1.80 bits per heavy atom. The van der Waals surface area contributed by atoms with Crippen LogP contribution in [-0.2, 0) is 27.0 Å². The highest BCUT2D eigenvalue weighted by Gasteiger charge is 2.47. The van der Waals surface area contributed by atoms with Gasteiger partial charge in [-0.1, -0.05) is 11.6 Å². The van der Waals surface area contributed by atoms with Crippen molar-refractivity contribution in [1.29, 1.82) is 0 Å². The number of rotatable bonds is 9. The van der Waals surface area contributed by atoms with E-state index in [0.29, 0.717) is 11.3 Å². The molecule has 2 heterocycles. The lowest BCUT2D eigenvalue weighted by atomic mass is 9.99. The monoisotopic (exact) mass is 603 g/mol. The maximum atomic E-state index is 13.0. The van der Waals surface area contributed by atoms with E-state index in [0.717, 1.165) is 12.1 Å². The van der Waals surface area contributed by atoms with E-state index >= 15 is 0 Å². The third-order valence-electron chi connectivity index (χ3n) is 6.16. The normalized spacial score (nSPS) is 22.8. The summed E-state index contributed by atoms with van der Waals surface area (Å²) in [5, 5.41) is 29.9. The quantitative estimate of drug-likeness (QED) is 0.309. The van der Waals surface area contributed by atoms with Crippen LogP contribution in [-0.4, -0.2) is 77.8 Å². The average Bonchev–Trinajstić information content (AvgIpc) is 3.43. The Labute approximate surface area is 235 Å². The molecule has 2 aromatic carbocycles. The van der Waals surface area contributed by atoms with Crippen molar-refractivity contribution in [3.63, 3.8) is 0 Å². The molecular weight excluding hydrogens is 579 g/mol. The number of halogens is 4. The van der Waals surface area contributed by atoms with E-state index in [1.165, 1.54) is 44.7 Å². The van der Waals surface area contributed by atoms with Crippen LogP contribution in [0.25, 0.3) is 11.5 Å². The highest BCUT2D eigenvalue weighted by Crippen LogP contribution is 2.35. The summed E-state index contributed by atoms with van der Waals surface area (Å²) >= 11 is 6.32. The van der Waals surface area contributed by atoms with Crippen molar-refractivity contribution in [3.05, 3.63) is 64.5 Å². The zero-order valence-electron chi connectivity index (χ0n) is 21.5. The number of methoxy groups -OCH3 is 2. The lowest BCUT2D eigenvalue weighted by molar-refractivity contribution is -0.293. The van der Waals surface area contributed by atoms with Gasteiger partial charge in [0.15, 0.2) is 12.4 Å². The van der Waals surface area contributed by atoms with Crippen LogP contribution >= 0.6 is 11.6 Å². The molecule has 0 unspecified atom stereocenters. The molecular formula is C26H25ClF3NO10. The molecule has 5 atom stereocenters. The zero-order chi connectivity index (χ0) is 29.9. The number of esters is 1. The molecule has 3 aromatic rings. The van der Waals surface area contributed by atoms with Gasteiger partial charge < -0.3 is 43.4 Å². The van der Waals surface area contributed by atoms with Gasteiger partial charge in [-0.3, -0.25) is 0 Å². The lowest BCUT2D eigenvalue weighted by Gasteiger charge is -2.40. The van der Waals surface area contributed by atoms with Crippen molar-refractivity contribution in [1.82, 2.24) is 4.98 Å². The molecule has 15 heteroatoms. The Balaban J connectivity index is 1.45. The van der Waals surface area contributed by atoms with Crippen molar-refractivity contribution < 1.29 is 61.4 Å². The Morgan fingerprint density at radius 1 is 1.10 bits per heavy atom. The molecule has 3 N–H and O–H groups in total. The average molecular weight is 604 g/mol. The maximum Gasteiger partial charge on any atom is 0.416 e. The van der Waals surface area contributed by atoms with E-state index in [-0.39, 0.29) is 34.6 Å². The molecule has 222 valence electrons. The summed E-state index contributed by atoms with van der Waals surface area (Å²) in [6, 6.07) is 6.82. The standard InChI is InChI=1S/C26H25ClF3NO10/c1-36-17-8-18(38-10-14-11-39-23(31-14)12-3-5-13(6-4-12)26(28,29)30)16(27)7-15(17)24(35)41-22-21(34)20(33)19(9-32)40-25(22)37-2/h3-8,11,19-22,25,32-34H,9-10H2,1-2H3/t19-,20-,21+,22-,25+/m1/s1. The topological polar surface area (TPSA) is 150 Å². The van der Waals surface area contributed by atoms with Gasteiger partial charge in [0.25, 0.3) is 0 Å². The van der Waals surface area contributed by atoms with Gasteiger partial charge in [0.1, 0.15) is 53.9 Å². The fraction of sp³-hybridized carbons (Fsp3) is 0.385. The van der Waals surface area contributed by atoms with E-state index in [1.54, 1.807) is 0 Å². The Kier molecular flexibility index (Phi) is 9.41. The van der Waals surface area contributed by atoms with Crippen molar-refractivity contribution in [2.45, 2.75) is 43.5 Å². The summed E-state index contributed by atoms with van der Waals surface area (Å²) in [5.74, 6) is -0.819. The first-order valence-corrected chi connectivity index (χ1v) is 12.3. The van der Waals surface area contributed by atoms with Crippen molar-refractivity contribution in [3.8, 4) is 23.0 Å². The lowest BCUT2D eigenvalue weighted by Crippen LogP contribution is -2.60. The number of nitrogens with zero attached hydrogens (tertiary/aromatic N) is 1. The summed E-state index contributed by atoms with van der Waals surface area (Å²) in [5.41, 5.74) is -0.316. The van der Waals surface area contributed by atoms with Gasteiger partial charge in [-0.25, -0.2) is 9.78 Å². The Bertz CT molecular complexity index is 1350. The first-order valence-electron chi connectivity index (χ1n) is 11.9. The van der Waals surface area contributed by atoms with Gasteiger partial charge in [0, 0.05) is 18.7 Å². The largest absolute Gasteiger partial charge is 0.496 e. The minimum atomic E-state index is -4.47. The molecule has 1 fully saturated rings. The van der Waals surface area contributed by atoms with Crippen molar-refractivity contribution in [2.24, 2.45) is 0 Å². The second kappa shape index (κ2) is 12.6. The number of ether oxygens (including phenoxy) is 5. The van der Waals surface area contributed by atoms with Crippen LogP contribution < -0.4 is 9.47 Å². The van der Waals surface area contributed by atoms with Crippen LogP contribution in [0.15, 0.2) is 47.1 Å². The van der Waals surface area contributed by atoms with Crippen LogP contribution in [0, 0.1) is 0 Å². The van der Waals surface area contributed by atoms with Crippen LogP contribution in [0.1, 0.15) is 21.6 Å². The minimum absolute atomic E-state index is 0.00559. The predicted octanol–water partition coefficient (Wildman–Crippen LogP) is 3.21. The van der Waals surface area contributed by atoms with Crippen molar-refractivity contribution >= 4 is 17.6 Å². The third-order valence-corrected chi connectivity index (χ3v) is 6.46. The van der Waals surface area contributed by atoms with Gasteiger partial charge in [-0.05, 0) is 30.3 Å². The number of oxazole rings is 1. The molecule has 0 saturated carbocycles. The van der Waals surface area contributed by atoms with Crippen LogP contribution in [0.5, 0.6) is 11.5 Å². The van der Waals surface area contributed by atoms with E-state index in [2.05, 4.69) is 4.98 Å². The van der Waals surface area contributed by atoms with E-state index in [9.17, 15) is 33.3 Å². The van der Waals surface area contributed by atoms with Crippen LogP contribution in [0.4, 0.5) is 13.2 Å². The third kappa shape index (κ3) is 6.74. The van der Waals surface area contributed by atoms with Gasteiger partial charge in [0.2, 0.25) is 5.89 Å². The maximum absolute atomic E-state index is 13.0. The molecule has 4 rings (SSSR count). The zero-order valence-corrected chi connectivity index (χ0v) is 22.3. The van der Waals surface area contributed by atoms with Crippen molar-refractivity contribution in [2.75, 3.05) is 20.8 Å². The number of aromatic nitrogens is 1.